The Morgan fingerprint density at radius 1 is 1.60 bits per heavy atom. The van der Waals surface area contributed by atoms with Gasteiger partial charge in [-0.3, -0.25) is 0 Å². The molecule has 0 aromatic carbocycles. The highest BCUT2D eigenvalue weighted by Gasteiger charge is 2.06. The molecule has 0 N–H and O–H groups in total. The van der Waals surface area contributed by atoms with E-state index in [9.17, 15) is 0 Å². The molecule has 3 nitrogen and oxygen atoms in total. The lowest BCUT2D eigenvalue weighted by molar-refractivity contribution is 0.398. The van der Waals surface area contributed by atoms with Crippen LogP contribution in [-0.4, -0.2) is 10.1 Å². The van der Waals surface area contributed by atoms with Gasteiger partial charge in [0.15, 0.2) is 5.82 Å². The van der Waals surface area contributed by atoms with Crippen LogP contribution in [0.15, 0.2) is 4.52 Å². The van der Waals surface area contributed by atoms with Gasteiger partial charge in [0.1, 0.15) is 0 Å². The van der Waals surface area contributed by atoms with Crippen molar-refractivity contribution in [2.45, 2.75) is 19.8 Å². The Morgan fingerprint density at radius 2 is 2.30 bits per heavy atom. The van der Waals surface area contributed by atoms with Gasteiger partial charge in [0, 0.05) is 5.92 Å². The normalized spacial score (nSPS) is 9.80. The second-order valence-electron chi connectivity index (χ2n) is 2.26. The summed E-state index contributed by atoms with van der Waals surface area (Å²) < 4.78 is 4.68. The standard InChI is InChI=1S/C7H8N2O/c1-4-6-8-7(5(2)3)9-10-6/h1,5H,2-3H3. The zero-order chi connectivity index (χ0) is 7.56. The molecule has 52 valence electrons. The number of rotatable bonds is 1. The molecule has 0 bridgehead atoms. The molecule has 10 heavy (non-hydrogen) atoms. The van der Waals surface area contributed by atoms with Gasteiger partial charge in [0.05, 0.1) is 0 Å². The lowest BCUT2D eigenvalue weighted by atomic mass is 10.2. The first-order chi connectivity index (χ1) is 4.74. The first-order valence-electron chi connectivity index (χ1n) is 3.04. The van der Waals surface area contributed by atoms with Crippen LogP contribution in [0, 0.1) is 12.3 Å². The molecule has 0 saturated carbocycles. The van der Waals surface area contributed by atoms with Crippen LogP contribution in [-0.2, 0) is 0 Å². The monoisotopic (exact) mass is 136 g/mol. The molecule has 0 radical (unpaired) electrons. The first-order valence-corrected chi connectivity index (χ1v) is 3.04. The molecule has 0 aliphatic heterocycles. The number of hydrogen-bond donors (Lipinski definition) is 0. The van der Waals surface area contributed by atoms with Crippen LogP contribution in [0.3, 0.4) is 0 Å². The molecule has 1 aromatic rings. The van der Waals surface area contributed by atoms with Crippen LogP contribution in [0.25, 0.3) is 0 Å². The van der Waals surface area contributed by atoms with E-state index in [1.54, 1.807) is 0 Å². The number of terminal acetylenes is 1. The largest absolute Gasteiger partial charge is 0.325 e. The topological polar surface area (TPSA) is 38.9 Å². The van der Waals surface area contributed by atoms with E-state index in [0.29, 0.717) is 5.82 Å². The van der Waals surface area contributed by atoms with Crippen molar-refractivity contribution in [2.75, 3.05) is 0 Å². The fraction of sp³-hybridized carbons (Fsp3) is 0.429. The lowest BCUT2D eigenvalue weighted by Crippen LogP contribution is -1.88. The first kappa shape index (κ1) is 6.81. The van der Waals surface area contributed by atoms with Gasteiger partial charge in [-0.2, -0.15) is 4.98 Å². The number of aromatic nitrogens is 2. The van der Waals surface area contributed by atoms with Gasteiger partial charge in [0.2, 0.25) is 0 Å². The summed E-state index contributed by atoms with van der Waals surface area (Å²) in [5.41, 5.74) is 0. The van der Waals surface area contributed by atoms with Crippen molar-refractivity contribution in [1.29, 1.82) is 0 Å². The Balaban J connectivity index is 2.91. The molecule has 1 aromatic heterocycles. The fourth-order valence-electron chi connectivity index (χ4n) is 0.528. The second kappa shape index (κ2) is 2.53. The van der Waals surface area contributed by atoms with E-state index in [-0.39, 0.29) is 11.8 Å². The molecule has 1 heterocycles. The SMILES string of the molecule is C#Cc1nc(C(C)C)no1. The molecule has 0 aliphatic rings. The zero-order valence-electron chi connectivity index (χ0n) is 5.96. The van der Waals surface area contributed by atoms with E-state index in [2.05, 4.69) is 20.6 Å². The van der Waals surface area contributed by atoms with E-state index in [0.717, 1.165) is 0 Å². The van der Waals surface area contributed by atoms with Crippen molar-refractivity contribution < 1.29 is 4.52 Å². The van der Waals surface area contributed by atoms with Crippen LogP contribution in [0.5, 0.6) is 0 Å². The van der Waals surface area contributed by atoms with Crippen molar-refractivity contribution in [1.82, 2.24) is 10.1 Å². The van der Waals surface area contributed by atoms with E-state index in [4.69, 9.17) is 6.42 Å². The minimum Gasteiger partial charge on any atom is -0.325 e. The van der Waals surface area contributed by atoms with Gasteiger partial charge in [-0.05, 0) is 5.92 Å². The third-order valence-corrected chi connectivity index (χ3v) is 1.08. The van der Waals surface area contributed by atoms with Crippen LogP contribution in [0.4, 0.5) is 0 Å². The maximum absolute atomic E-state index is 5.02. The van der Waals surface area contributed by atoms with E-state index in [1.807, 2.05) is 13.8 Å². The smallest absolute Gasteiger partial charge is 0.302 e. The Kier molecular flexibility index (Phi) is 1.72. The maximum atomic E-state index is 5.02. The molecule has 0 atom stereocenters. The summed E-state index contributed by atoms with van der Waals surface area (Å²) in [5.74, 6) is 3.44. The lowest BCUT2D eigenvalue weighted by Gasteiger charge is -1.90. The molecule has 1 rings (SSSR count). The summed E-state index contributed by atoms with van der Waals surface area (Å²) in [6.45, 7) is 3.95. The second-order valence-corrected chi connectivity index (χ2v) is 2.26. The van der Waals surface area contributed by atoms with Crippen LogP contribution >= 0.6 is 0 Å². The fourth-order valence-corrected chi connectivity index (χ4v) is 0.528. The zero-order valence-corrected chi connectivity index (χ0v) is 5.96. The van der Waals surface area contributed by atoms with Crippen molar-refractivity contribution in [3.63, 3.8) is 0 Å². The van der Waals surface area contributed by atoms with E-state index < -0.39 is 0 Å². The number of hydrogen-bond acceptors (Lipinski definition) is 3. The van der Waals surface area contributed by atoms with E-state index in [1.165, 1.54) is 0 Å². The van der Waals surface area contributed by atoms with Crippen molar-refractivity contribution in [3.05, 3.63) is 11.7 Å². The summed E-state index contributed by atoms with van der Waals surface area (Å²) in [5, 5.41) is 3.66. The minimum absolute atomic E-state index is 0.253. The summed E-state index contributed by atoms with van der Waals surface area (Å²) >= 11 is 0. The van der Waals surface area contributed by atoms with E-state index >= 15 is 0 Å². The third kappa shape index (κ3) is 1.16. The third-order valence-electron chi connectivity index (χ3n) is 1.08. The summed E-state index contributed by atoms with van der Waals surface area (Å²) in [4.78, 5) is 3.91. The molecule has 0 amide bonds. The predicted molar refractivity (Wildman–Crippen MR) is 36.3 cm³/mol. The Labute approximate surface area is 59.4 Å². The Bertz CT molecular complexity index is 257. The van der Waals surface area contributed by atoms with Crippen LogP contribution < -0.4 is 0 Å². The quantitative estimate of drug-likeness (QED) is 0.544. The number of nitrogens with zero attached hydrogens (tertiary/aromatic N) is 2. The molecule has 0 spiro atoms. The summed E-state index contributed by atoms with van der Waals surface area (Å²) in [7, 11) is 0. The molecular formula is C7H8N2O. The molecule has 0 saturated heterocycles. The highest BCUT2D eigenvalue weighted by molar-refractivity contribution is 5.11. The summed E-state index contributed by atoms with van der Waals surface area (Å²) in [6.07, 6.45) is 5.02. The predicted octanol–water partition coefficient (Wildman–Crippen LogP) is 1.17. The maximum Gasteiger partial charge on any atom is 0.302 e. The van der Waals surface area contributed by atoms with Crippen molar-refractivity contribution >= 4 is 0 Å². The Hall–Kier alpha value is -1.30. The molecule has 3 heteroatoms. The van der Waals surface area contributed by atoms with Gasteiger partial charge >= 0.3 is 5.89 Å². The van der Waals surface area contributed by atoms with Gasteiger partial charge in [0.25, 0.3) is 0 Å². The Morgan fingerprint density at radius 3 is 2.60 bits per heavy atom. The average Bonchev–Trinajstić information content (AvgIpc) is 2.34. The summed E-state index contributed by atoms with van der Waals surface area (Å²) in [6, 6.07) is 0. The average molecular weight is 136 g/mol. The highest BCUT2D eigenvalue weighted by Crippen LogP contribution is 2.08. The molecular weight excluding hydrogens is 128 g/mol. The van der Waals surface area contributed by atoms with Gasteiger partial charge in [-0.25, -0.2) is 0 Å². The molecule has 0 fully saturated rings. The highest BCUT2D eigenvalue weighted by atomic mass is 16.5. The van der Waals surface area contributed by atoms with Crippen molar-refractivity contribution in [3.8, 4) is 12.3 Å². The van der Waals surface area contributed by atoms with Crippen molar-refractivity contribution in [2.24, 2.45) is 0 Å². The minimum atomic E-state index is 0.253. The van der Waals surface area contributed by atoms with Crippen LogP contribution in [0.1, 0.15) is 31.5 Å². The van der Waals surface area contributed by atoms with Gasteiger partial charge < -0.3 is 4.52 Å². The molecule has 0 unspecified atom stereocenters. The van der Waals surface area contributed by atoms with Gasteiger partial charge in [-0.15, -0.1) is 6.42 Å². The van der Waals surface area contributed by atoms with Gasteiger partial charge in [-0.1, -0.05) is 19.0 Å². The molecule has 0 aliphatic carbocycles. The van der Waals surface area contributed by atoms with Crippen LogP contribution in [0.2, 0.25) is 0 Å².